The van der Waals surface area contributed by atoms with Gasteiger partial charge in [0.25, 0.3) is 0 Å². The number of aliphatic hydroxyl groups is 6. The molecular weight excluding hydrogens is 684 g/mol. The molecule has 49 heavy (non-hydrogen) atoms. The average Bonchev–Trinajstić information content (AvgIpc) is 3.11. The first-order chi connectivity index (χ1) is 23.6. The predicted molar refractivity (Wildman–Crippen MR) is 177 cm³/mol. The van der Waals surface area contributed by atoms with E-state index in [0.29, 0.717) is 30.1 Å². The van der Waals surface area contributed by atoms with Gasteiger partial charge in [-0.15, -0.1) is 0 Å². The van der Waals surface area contributed by atoms with Gasteiger partial charge in [0.15, 0.2) is 6.29 Å². The summed E-state index contributed by atoms with van der Waals surface area (Å²) in [4.78, 5) is 24.5. The maximum Gasteiger partial charge on any atom is 0.305 e. The fraction of sp³-hybridized carbons (Fsp3) is 0.576. The van der Waals surface area contributed by atoms with Crippen LogP contribution in [0.3, 0.4) is 0 Å². The molecule has 2 aromatic rings. The van der Waals surface area contributed by atoms with E-state index in [2.05, 4.69) is 0 Å². The van der Waals surface area contributed by atoms with Crippen LogP contribution in [0.5, 0.6) is 5.75 Å². The normalized spacial score (nSPS) is 30.0. The van der Waals surface area contributed by atoms with Crippen LogP contribution in [0.4, 0.5) is 0 Å². The number of aliphatic hydroxyl groups excluding tert-OH is 6. The van der Waals surface area contributed by atoms with Gasteiger partial charge in [0.1, 0.15) is 67.8 Å². The number of carbonyl (C=O) groups is 2. The number of benzene rings is 2. The molecule has 2 aliphatic heterocycles. The molecule has 0 spiro atoms. The third-order valence-electron chi connectivity index (χ3n) is 7.71. The van der Waals surface area contributed by atoms with Crippen LogP contribution in [0.15, 0.2) is 60.7 Å². The first kappa shape index (κ1) is 39.3. The Morgan fingerprint density at radius 1 is 0.612 bits per heavy atom. The summed E-state index contributed by atoms with van der Waals surface area (Å²) >= 11 is 0. The number of hydrogen-bond acceptors (Lipinski definition) is 16. The summed E-state index contributed by atoms with van der Waals surface area (Å²) in [5, 5.41) is 61.5. The van der Waals surface area contributed by atoms with Gasteiger partial charge in [0, 0.05) is 24.3 Å². The third-order valence-corrected chi connectivity index (χ3v) is 10.3. The molecule has 2 heterocycles. The van der Waals surface area contributed by atoms with Crippen molar-refractivity contribution in [2.45, 2.75) is 93.7 Å². The lowest BCUT2D eigenvalue weighted by Crippen LogP contribution is -2.60. The van der Waals surface area contributed by atoms with E-state index in [-0.39, 0.29) is 32.7 Å². The zero-order chi connectivity index (χ0) is 35.2. The molecule has 0 aromatic heterocycles. The van der Waals surface area contributed by atoms with Crippen molar-refractivity contribution in [3.8, 4) is 5.75 Å². The second kappa shape index (κ2) is 20.4. The van der Waals surface area contributed by atoms with Crippen molar-refractivity contribution in [2.75, 3.05) is 24.7 Å². The van der Waals surface area contributed by atoms with Gasteiger partial charge in [-0.25, -0.2) is 0 Å². The van der Waals surface area contributed by atoms with E-state index in [0.717, 1.165) is 5.56 Å². The highest BCUT2D eigenvalue weighted by Crippen LogP contribution is 2.27. The van der Waals surface area contributed by atoms with Crippen LogP contribution < -0.4 is 4.74 Å². The summed E-state index contributed by atoms with van der Waals surface area (Å²) in [7, 11) is 3.06. The number of hydrogen-bond donors (Lipinski definition) is 6. The monoisotopic (exact) mass is 728 g/mol. The Balaban J connectivity index is 1.03. The number of para-hydroxylation sites is 1. The fourth-order valence-corrected chi connectivity index (χ4v) is 7.07. The van der Waals surface area contributed by atoms with Gasteiger partial charge >= 0.3 is 11.9 Å². The largest absolute Gasteiger partial charge is 0.463 e. The van der Waals surface area contributed by atoms with Gasteiger partial charge in [0.2, 0.25) is 6.29 Å². The third kappa shape index (κ3) is 12.4. The maximum absolute atomic E-state index is 12.2. The molecule has 2 fully saturated rings. The van der Waals surface area contributed by atoms with Crippen LogP contribution in [0.25, 0.3) is 0 Å². The summed E-state index contributed by atoms with van der Waals surface area (Å²) in [6.45, 7) is -0.528. The van der Waals surface area contributed by atoms with Crippen molar-refractivity contribution in [1.82, 2.24) is 0 Å². The fourth-order valence-electron chi connectivity index (χ4n) is 4.89. The molecule has 16 heteroatoms. The van der Waals surface area contributed by atoms with Crippen LogP contribution in [-0.2, 0) is 39.9 Å². The average molecular weight is 729 g/mol. The first-order valence-corrected chi connectivity index (χ1v) is 18.4. The number of carbonyl (C=O) groups excluding carboxylic acids is 2. The molecule has 272 valence electrons. The van der Waals surface area contributed by atoms with Gasteiger partial charge in [-0.1, -0.05) is 70.1 Å². The van der Waals surface area contributed by atoms with Crippen molar-refractivity contribution in [3.05, 3.63) is 66.2 Å². The van der Waals surface area contributed by atoms with Crippen molar-refractivity contribution in [1.29, 1.82) is 0 Å². The highest BCUT2D eigenvalue weighted by Gasteiger charge is 2.46. The zero-order valence-electron chi connectivity index (χ0n) is 26.7. The minimum Gasteiger partial charge on any atom is -0.463 e. The molecule has 14 nitrogen and oxygen atoms in total. The molecule has 10 atom stereocenters. The Kier molecular flexibility index (Phi) is 16.4. The smallest absolute Gasteiger partial charge is 0.305 e. The molecule has 0 aliphatic carbocycles. The molecule has 2 aromatic carbocycles. The van der Waals surface area contributed by atoms with E-state index < -0.39 is 73.4 Å². The molecule has 6 N–H and O–H groups in total. The summed E-state index contributed by atoms with van der Waals surface area (Å²) in [6, 6.07) is 17.7. The van der Waals surface area contributed by atoms with Gasteiger partial charge < -0.3 is 59.1 Å². The van der Waals surface area contributed by atoms with Gasteiger partial charge in [-0.3, -0.25) is 9.59 Å². The molecule has 0 amide bonds. The summed E-state index contributed by atoms with van der Waals surface area (Å²) in [5.74, 6) is 0.676. The first-order valence-electron chi connectivity index (χ1n) is 16.0. The number of ether oxygens (including phenoxy) is 6. The predicted octanol–water partition coefficient (Wildman–Crippen LogP) is 0.926. The molecule has 0 radical (unpaired) electrons. The molecule has 4 rings (SSSR count). The maximum atomic E-state index is 12.2. The lowest BCUT2D eigenvalue weighted by Gasteiger charge is -2.39. The van der Waals surface area contributed by atoms with E-state index in [4.69, 9.17) is 28.4 Å². The van der Waals surface area contributed by atoms with Crippen LogP contribution in [0.2, 0.25) is 0 Å². The van der Waals surface area contributed by atoms with E-state index in [9.17, 15) is 40.2 Å². The minimum absolute atomic E-state index is 0.114. The van der Waals surface area contributed by atoms with Crippen LogP contribution in [0.1, 0.15) is 31.2 Å². The lowest BCUT2D eigenvalue weighted by molar-refractivity contribution is -0.304. The molecular formula is C33H44O14S2. The van der Waals surface area contributed by atoms with Crippen molar-refractivity contribution < 1.29 is 68.6 Å². The van der Waals surface area contributed by atoms with Crippen LogP contribution in [0, 0.1) is 0 Å². The zero-order valence-corrected chi connectivity index (χ0v) is 28.3. The highest BCUT2D eigenvalue weighted by atomic mass is 33.1. The van der Waals surface area contributed by atoms with E-state index in [1.807, 2.05) is 30.3 Å². The Labute approximate surface area is 292 Å². The summed E-state index contributed by atoms with van der Waals surface area (Å²) < 4.78 is 32.8. The van der Waals surface area contributed by atoms with Crippen molar-refractivity contribution >= 4 is 33.5 Å². The molecule has 0 bridgehead atoms. The van der Waals surface area contributed by atoms with Crippen LogP contribution in [-0.4, -0.2) is 129 Å². The minimum atomic E-state index is -1.55. The quantitative estimate of drug-likeness (QED) is 0.0716. The Hall–Kier alpha value is -2.48. The number of esters is 2. The van der Waals surface area contributed by atoms with Gasteiger partial charge in [-0.2, -0.15) is 0 Å². The number of rotatable bonds is 18. The molecule has 0 unspecified atom stereocenters. The molecule has 2 saturated heterocycles. The second-order valence-corrected chi connectivity index (χ2v) is 14.2. The highest BCUT2D eigenvalue weighted by molar-refractivity contribution is 8.76. The summed E-state index contributed by atoms with van der Waals surface area (Å²) in [5.41, 5.74) is 0.830. The Morgan fingerprint density at radius 3 is 1.61 bits per heavy atom. The molecule has 2 aliphatic rings. The van der Waals surface area contributed by atoms with Crippen molar-refractivity contribution in [3.63, 3.8) is 0 Å². The Morgan fingerprint density at radius 2 is 1.08 bits per heavy atom. The SMILES string of the molecule is O=C(CCCSSCCCC(=O)OC[C@H]1O[C@@H](Oc2ccccc2)[C@H](O)[C@@H](O)[C@@H]1O)OC[C@H]1O[C@H](OCc2ccccc2)[C@@H](O)[C@@H](O)[C@@H]1O. The van der Waals surface area contributed by atoms with E-state index in [1.54, 1.807) is 30.3 Å². The topological polar surface area (TPSA) is 211 Å². The Bertz CT molecular complexity index is 1260. The standard InChI is InChI=1S/C33H44O14S2/c34-24(42-18-22-26(36)28(38)30(40)32(46-22)44-17-20-9-3-1-4-10-20)13-7-15-48-49-16-8-14-25(35)43-19-23-27(37)29(39)31(41)33(47-23)45-21-11-5-2-6-12-21/h1-6,9-12,22-23,26-33,36-41H,7-8,13-19H2/t22-,23-,26-,27-,28+,29+,30+,31-,32+,33-/m1/s1. The van der Waals surface area contributed by atoms with E-state index in [1.165, 1.54) is 21.6 Å². The lowest BCUT2D eigenvalue weighted by atomic mass is 9.99. The summed E-state index contributed by atoms with van der Waals surface area (Å²) in [6.07, 6.45) is -12.4. The van der Waals surface area contributed by atoms with Crippen molar-refractivity contribution in [2.24, 2.45) is 0 Å². The van der Waals surface area contributed by atoms with E-state index >= 15 is 0 Å². The van der Waals surface area contributed by atoms with Gasteiger partial charge in [-0.05, 0) is 30.5 Å². The van der Waals surface area contributed by atoms with Crippen LogP contribution >= 0.6 is 21.6 Å². The van der Waals surface area contributed by atoms with Gasteiger partial charge in [0.05, 0.1) is 6.61 Å². The second-order valence-electron chi connectivity index (χ2n) is 11.5. The molecule has 0 saturated carbocycles.